The van der Waals surface area contributed by atoms with Gasteiger partial charge in [0, 0.05) is 18.8 Å². The van der Waals surface area contributed by atoms with Gasteiger partial charge in [0.15, 0.2) is 0 Å². The standard InChI is InChI=1S/C19H17F2N3O3/c20-13-3-5-15(6-4-13)22-18(25)23-8-7-16-11-27-19(26)24(16)17-9-14(21)2-1-12(17)10-23/h1-6,9,16H,7-8,10-11H2,(H,22,25)/t16-/m0/s1. The lowest BCUT2D eigenvalue weighted by Gasteiger charge is -2.32. The zero-order chi connectivity index (χ0) is 19.0. The first-order valence-electron chi connectivity index (χ1n) is 8.57. The first-order valence-corrected chi connectivity index (χ1v) is 8.57. The van der Waals surface area contributed by atoms with Gasteiger partial charge in [0.05, 0.1) is 11.7 Å². The molecule has 27 heavy (non-hydrogen) atoms. The van der Waals surface area contributed by atoms with E-state index in [9.17, 15) is 18.4 Å². The van der Waals surface area contributed by atoms with Gasteiger partial charge in [-0.15, -0.1) is 0 Å². The van der Waals surface area contributed by atoms with E-state index in [-0.39, 0.29) is 31.0 Å². The molecule has 2 aliphatic heterocycles. The Balaban J connectivity index is 1.61. The monoisotopic (exact) mass is 373 g/mol. The first kappa shape index (κ1) is 17.3. The molecule has 2 aliphatic rings. The molecule has 140 valence electrons. The number of nitrogens with zero attached hydrogens (tertiary/aromatic N) is 2. The van der Waals surface area contributed by atoms with Crippen LogP contribution in [0.1, 0.15) is 12.0 Å². The van der Waals surface area contributed by atoms with Crippen LogP contribution in [0, 0.1) is 11.6 Å². The largest absolute Gasteiger partial charge is 0.447 e. The van der Waals surface area contributed by atoms with Crippen molar-refractivity contribution >= 4 is 23.5 Å². The van der Waals surface area contributed by atoms with Gasteiger partial charge in [-0.2, -0.15) is 0 Å². The Morgan fingerprint density at radius 2 is 1.85 bits per heavy atom. The fourth-order valence-corrected chi connectivity index (χ4v) is 3.36. The van der Waals surface area contributed by atoms with Crippen LogP contribution >= 0.6 is 0 Å². The maximum Gasteiger partial charge on any atom is 0.414 e. The third kappa shape index (κ3) is 3.42. The van der Waals surface area contributed by atoms with Crippen molar-refractivity contribution in [3.8, 4) is 0 Å². The van der Waals surface area contributed by atoms with Gasteiger partial charge in [-0.1, -0.05) is 6.07 Å². The molecule has 0 unspecified atom stereocenters. The lowest BCUT2D eigenvalue weighted by atomic mass is 10.1. The second kappa shape index (κ2) is 6.86. The van der Waals surface area contributed by atoms with Crippen LogP contribution in [0.3, 0.4) is 0 Å². The van der Waals surface area contributed by atoms with E-state index in [4.69, 9.17) is 4.74 Å². The van der Waals surface area contributed by atoms with Crippen LogP contribution in [0.5, 0.6) is 0 Å². The molecule has 2 aromatic rings. The minimum atomic E-state index is -0.504. The van der Waals surface area contributed by atoms with E-state index in [1.54, 1.807) is 11.0 Å². The predicted molar refractivity (Wildman–Crippen MR) is 94.5 cm³/mol. The molecular weight excluding hydrogens is 356 g/mol. The molecule has 1 fully saturated rings. The Bertz CT molecular complexity index is 888. The first-order chi connectivity index (χ1) is 13.0. The second-order valence-corrected chi connectivity index (χ2v) is 6.52. The minimum Gasteiger partial charge on any atom is -0.447 e. The number of urea groups is 1. The van der Waals surface area contributed by atoms with Crippen molar-refractivity contribution in [2.45, 2.75) is 19.0 Å². The van der Waals surface area contributed by atoms with Gasteiger partial charge in [-0.05, 0) is 48.4 Å². The van der Waals surface area contributed by atoms with Crippen molar-refractivity contribution in [2.24, 2.45) is 0 Å². The van der Waals surface area contributed by atoms with Crippen molar-refractivity contribution in [1.82, 2.24) is 4.90 Å². The molecule has 0 bridgehead atoms. The minimum absolute atomic E-state index is 0.197. The topological polar surface area (TPSA) is 61.9 Å². The van der Waals surface area contributed by atoms with Crippen molar-refractivity contribution in [3.05, 3.63) is 59.7 Å². The fourth-order valence-electron chi connectivity index (χ4n) is 3.36. The van der Waals surface area contributed by atoms with E-state index < -0.39 is 11.9 Å². The molecule has 0 aromatic heterocycles. The van der Waals surface area contributed by atoms with Gasteiger partial charge in [0.2, 0.25) is 0 Å². The van der Waals surface area contributed by atoms with Crippen LogP contribution in [0.2, 0.25) is 0 Å². The maximum absolute atomic E-state index is 13.8. The molecule has 4 rings (SSSR count). The number of carbonyl (C=O) groups excluding carboxylic acids is 2. The van der Waals surface area contributed by atoms with Crippen molar-refractivity contribution in [2.75, 3.05) is 23.4 Å². The maximum atomic E-state index is 13.8. The molecule has 1 N–H and O–H groups in total. The van der Waals surface area contributed by atoms with E-state index in [1.807, 2.05) is 0 Å². The SMILES string of the molecule is O=C(Nc1ccc(F)cc1)N1CC[C@H]2COC(=O)N2c2cc(F)ccc2C1. The van der Waals surface area contributed by atoms with Crippen LogP contribution < -0.4 is 10.2 Å². The lowest BCUT2D eigenvalue weighted by molar-refractivity contribution is 0.177. The summed E-state index contributed by atoms with van der Waals surface area (Å²) in [5.41, 5.74) is 1.54. The molecule has 0 spiro atoms. The Labute approximate surface area is 154 Å². The van der Waals surface area contributed by atoms with Crippen LogP contribution in [0.25, 0.3) is 0 Å². The summed E-state index contributed by atoms with van der Waals surface area (Å²) in [5, 5.41) is 2.73. The zero-order valence-electron chi connectivity index (χ0n) is 14.3. The number of rotatable bonds is 1. The van der Waals surface area contributed by atoms with Crippen molar-refractivity contribution in [1.29, 1.82) is 0 Å². The van der Waals surface area contributed by atoms with Crippen LogP contribution in [0.4, 0.5) is 29.7 Å². The second-order valence-electron chi connectivity index (χ2n) is 6.52. The number of hydrogen-bond acceptors (Lipinski definition) is 3. The van der Waals surface area contributed by atoms with Crippen molar-refractivity contribution in [3.63, 3.8) is 0 Å². The average Bonchev–Trinajstić information content (AvgIpc) is 2.99. The summed E-state index contributed by atoms with van der Waals surface area (Å²) in [4.78, 5) is 27.8. The number of nitrogens with one attached hydrogen (secondary N) is 1. The average molecular weight is 373 g/mol. The Kier molecular flexibility index (Phi) is 4.39. The van der Waals surface area contributed by atoms with Gasteiger partial charge in [0.25, 0.3) is 0 Å². The number of hydrogen-bond donors (Lipinski definition) is 1. The number of carbonyl (C=O) groups is 2. The summed E-state index contributed by atoms with van der Waals surface area (Å²) in [6, 6.07) is 9.02. The van der Waals surface area contributed by atoms with Crippen molar-refractivity contribution < 1.29 is 23.1 Å². The van der Waals surface area contributed by atoms with Gasteiger partial charge in [-0.25, -0.2) is 18.4 Å². The molecule has 3 amide bonds. The van der Waals surface area contributed by atoms with Crippen LogP contribution in [-0.4, -0.2) is 36.2 Å². The highest BCUT2D eigenvalue weighted by Gasteiger charge is 2.37. The van der Waals surface area contributed by atoms with E-state index >= 15 is 0 Å². The molecule has 0 aliphatic carbocycles. The highest BCUT2D eigenvalue weighted by atomic mass is 19.1. The van der Waals surface area contributed by atoms with E-state index in [1.165, 1.54) is 41.3 Å². The highest BCUT2D eigenvalue weighted by molar-refractivity contribution is 5.92. The summed E-state index contributed by atoms with van der Waals surface area (Å²) >= 11 is 0. The molecule has 2 heterocycles. The zero-order valence-corrected chi connectivity index (χ0v) is 14.3. The van der Waals surface area contributed by atoms with E-state index in [0.29, 0.717) is 29.9 Å². The van der Waals surface area contributed by atoms with Crippen LogP contribution in [-0.2, 0) is 11.3 Å². The number of halogens is 2. The predicted octanol–water partition coefficient (Wildman–Crippen LogP) is 3.73. The summed E-state index contributed by atoms with van der Waals surface area (Å²) in [5.74, 6) is -0.851. The summed E-state index contributed by atoms with van der Waals surface area (Å²) in [6.07, 6.45) is -0.00510. The molecule has 0 radical (unpaired) electrons. The van der Waals surface area contributed by atoms with E-state index in [2.05, 4.69) is 5.32 Å². The van der Waals surface area contributed by atoms with Gasteiger partial charge in [-0.3, -0.25) is 4.90 Å². The summed E-state index contributed by atoms with van der Waals surface area (Å²) < 4.78 is 31.9. The Hall–Kier alpha value is -3.16. The number of amides is 3. The molecule has 6 nitrogen and oxygen atoms in total. The molecule has 2 aromatic carbocycles. The smallest absolute Gasteiger partial charge is 0.414 e. The number of anilines is 2. The molecular formula is C19H17F2N3O3. The summed E-state index contributed by atoms with van der Waals surface area (Å²) in [7, 11) is 0. The number of benzene rings is 2. The normalized spacial score (nSPS) is 18.9. The quantitative estimate of drug-likeness (QED) is 0.829. The lowest BCUT2D eigenvalue weighted by Crippen LogP contribution is -2.43. The van der Waals surface area contributed by atoms with E-state index in [0.717, 1.165) is 0 Å². The molecule has 0 saturated carbocycles. The Morgan fingerprint density at radius 3 is 2.63 bits per heavy atom. The fraction of sp³-hybridized carbons (Fsp3) is 0.263. The van der Waals surface area contributed by atoms with Gasteiger partial charge in [0.1, 0.15) is 18.2 Å². The third-order valence-corrected chi connectivity index (χ3v) is 4.74. The molecule has 1 saturated heterocycles. The summed E-state index contributed by atoms with van der Waals surface area (Å²) in [6.45, 7) is 0.795. The Morgan fingerprint density at radius 1 is 1.11 bits per heavy atom. The highest BCUT2D eigenvalue weighted by Crippen LogP contribution is 2.32. The number of cyclic esters (lactones) is 1. The van der Waals surface area contributed by atoms with Gasteiger partial charge >= 0.3 is 12.1 Å². The molecule has 8 heteroatoms. The number of ether oxygens (including phenoxy) is 1. The molecule has 1 atom stereocenters. The third-order valence-electron chi connectivity index (χ3n) is 4.74. The number of fused-ring (bicyclic) bond motifs is 3. The van der Waals surface area contributed by atoms with Crippen LogP contribution in [0.15, 0.2) is 42.5 Å². The van der Waals surface area contributed by atoms with Gasteiger partial charge < -0.3 is 15.0 Å².